The van der Waals surface area contributed by atoms with Crippen LogP contribution in [0.15, 0.2) is 36.5 Å². The van der Waals surface area contributed by atoms with Gasteiger partial charge in [-0.2, -0.15) is 0 Å². The second-order valence-electron chi connectivity index (χ2n) is 3.52. The lowest BCUT2D eigenvalue weighted by atomic mass is 10.0. The summed E-state index contributed by atoms with van der Waals surface area (Å²) in [6.07, 6.45) is 1.71. The molecular weight excluding hydrogens is 190 g/mol. The summed E-state index contributed by atoms with van der Waals surface area (Å²) in [5, 5.41) is 10.9. The Bertz CT molecular complexity index is 508. The van der Waals surface area contributed by atoms with Gasteiger partial charge in [-0.15, -0.1) is 0 Å². The maximum Gasteiger partial charge on any atom is 0.312 e. The third-order valence-electron chi connectivity index (χ3n) is 2.47. The van der Waals surface area contributed by atoms with Gasteiger partial charge in [-0.3, -0.25) is 9.78 Å². The highest BCUT2D eigenvalue weighted by atomic mass is 16.4. The molecule has 0 aliphatic carbocycles. The Morgan fingerprint density at radius 1 is 1.33 bits per heavy atom. The first-order valence-corrected chi connectivity index (χ1v) is 4.76. The molecular formula is C12H11NO2. The quantitative estimate of drug-likeness (QED) is 0.811. The molecule has 0 aliphatic rings. The summed E-state index contributed by atoms with van der Waals surface area (Å²) in [6.45, 7) is 1.64. The van der Waals surface area contributed by atoms with Gasteiger partial charge in [0.25, 0.3) is 0 Å². The zero-order valence-corrected chi connectivity index (χ0v) is 8.34. The standard InChI is InChI=1S/C12H11NO2/c1-8(12(14)15)11-6-9-4-2-3-5-10(9)7-13-11/h2-8H,1H3,(H,14,15). The van der Waals surface area contributed by atoms with E-state index < -0.39 is 11.9 Å². The fraction of sp³-hybridized carbons (Fsp3) is 0.167. The number of hydrogen-bond acceptors (Lipinski definition) is 2. The van der Waals surface area contributed by atoms with E-state index in [1.54, 1.807) is 13.1 Å². The molecule has 1 atom stereocenters. The number of aliphatic carboxylic acids is 1. The minimum atomic E-state index is -0.849. The number of carboxylic acid groups (broad SMARTS) is 1. The van der Waals surface area contributed by atoms with Gasteiger partial charge in [0.2, 0.25) is 0 Å². The summed E-state index contributed by atoms with van der Waals surface area (Å²) in [7, 11) is 0. The highest BCUT2D eigenvalue weighted by Gasteiger charge is 2.14. The van der Waals surface area contributed by atoms with Crippen LogP contribution in [-0.2, 0) is 4.79 Å². The predicted molar refractivity (Wildman–Crippen MR) is 57.8 cm³/mol. The zero-order valence-electron chi connectivity index (χ0n) is 8.34. The van der Waals surface area contributed by atoms with E-state index >= 15 is 0 Å². The third kappa shape index (κ3) is 1.81. The molecule has 0 spiro atoms. The lowest BCUT2D eigenvalue weighted by Gasteiger charge is -2.06. The Morgan fingerprint density at radius 2 is 2.00 bits per heavy atom. The van der Waals surface area contributed by atoms with E-state index in [1.807, 2.05) is 30.3 Å². The number of hydrogen-bond donors (Lipinski definition) is 1. The van der Waals surface area contributed by atoms with Crippen molar-refractivity contribution in [2.45, 2.75) is 12.8 Å². The van der Waals surface area contributed by atoms with Crippen molar-refractivity contribution >= 4 is 16.7 Å². The molecule has 1 heterocycles. The molecule has 1 N–H and O–H groups in total. The van der Waals surface area contributed by atoms with Crippen molar-refractivity contribution in [3.05, 3.63) is 42.2 Å². The Hall–Kier alpha value is -1.90. The van der Waals surface area contributed by atoms with Crippen LogP contribution in [0.1, 0.15) is 18.5 Å². The number of rotatable bonds is 2. The minimum absolute atomic E-state index is 0.561. The largest absolute Gasteiger partial charge is 0.481 e. The van der Waals surface area contributed by atoms with Gasteiger partial charge < -0.3 is 5.11 Å². The van der Waals surface area contributed by atoms with Crippen LogP contribution in [0.2, 0.25) is 0 Å². The summed E-state index contributed by atoms with van der Waals surface area (Å²) in [6, 6.07) is 9.60. The molecule has 76 valence electrons. The number of benzene rings is 1. The van der Waals surface area contributed by atoms with Crippen molar-refractivity contribution in [1.29, 1.82) is 0 Å². The van der Waals surface area contributed by atoms with E-state index in [1.165, 1.54) is 0 Å². The van der Waals surface area contributed by atoms with Crippen molar-refractivity contribution in [3.8, 4) is 0 Å². The van der Waals surface area contributed by atoms with Gasteiger partial charge >= 0.3 is 5.97 Å². The highest BCUT2D eigenvalue weighted by Crippen LogP contribution is 2.18. The number of nitrogens with zero attached hydrogens (tertiary/aromatic N) is 1. The molecule has 0 radical (unpaired) electrons. The number of carboxylic acids is 1. The van der Waals surface area contributed by atoms with Gasteiger partial charge in [-0.1, -0.05) is 24.3 Å². The normalized spacial score (nSPS) is 12.6. The summed E-state index contributed by atoms with van der Waals surface area (Å²) >= 11 is 0. The van der Waals surface area contributed by atoms with Crippen LogP contribution in [-0.4, -0.2) is 16.1 Å². The molecule has 1 unspecified atom stereocenters. The third-order valence-corrected chi connectivity index (χ3v) is 2.47. The minimum Gasteiger partial charge on any atom is -0.481 e. The Labute approximate surface area is 87.4 Å². The average Bonchev–Trinajstić information content (AvgIpc) is 2.27. The van der Waals surface area contributed by atoms with Crippen LogP contribution >= 0.6 is 0 Å². The first kappa shape index (κ1) is 9.65. The van der Waals surface area contributed by atoms with Crippen LogP contribution in [0.25, 0.3) is 10.8 Å². The van der Waals surface area contributed by atoms with E-state index in [9.17, 15) is 4.79 Å². The summed E-state index contributed by atoms with van der Waals surface area (Å²) < 4.78 is 0. The molecule has 15 heavy (non-hydrogen) atoms. The van der Waals surface area contributed by atoms with Gasteiger partial charge in [0.15, 0.2) is 0 Å². The van der Waals surface area contributed by atoms with Crippen LogP contribution < -0.4 is 0 Å². The Balaban J connectivity index is 2.51. The zero-order chi connectivity index (χ0) is 10.8. The monoisotopic (exact) mass is 201 g/mol. The molecule has 3 nitrogen and oxygen atoms in total. The average molecular weight is 201 g/mol. The van der Waals surface area contributed by atoms with Crippen molar-refractivity contribution in [2.24, 2.45) is 0 Å². The molecule has 0 bridgehead atoms. The smallest absolute Gasteiger partial charge is 0.312 e. The van der Waals surface area contributed by atoms with E-state index in [-0.39, 0.29) is 0 Å². The molecule has 0 saturated carbocycles. The molecule has 2 aromatic rings. The maximum absolute atomic E-state index is 10.8. The fourth-order valence-electron chi connectivity index (χ4n) is 1.46. The van der Waals surface area contributed by atoms with Crippen LogP contribution in [0.3, 0.4) is 0 Å². The van der Waals surface area contributed by atoms with Crippen LogP contribution in [0.4, 0.5) is 0 Å². The van der Waals surface area contributed by atoms with Crippen LogP contribution in [0.5, 0.6) is 0 Å². The van der Waals surface area contributed by atoms with E-state index in [4.69, 9.17) is 5.11 Å². The topological polar surface area (TPSA) is 50.2 Å². The second-order valence-corrected chi connectivity index (χ2v) is 3.52. The van der Waals surface area contributed by atoms with Gasteiger partial charge in [-0.25, -0.2) is 0 Å². The van der Waals surface area contributed by atoms with Crippen LogP contribution in [0, 0.1) is 0 Å². The van der Waals surface area contributed by atoms with E-state index in [2.05, 4.69) is 4.98 Å². The van der Waals surface area contributed by atoms with E-state index in [0.29, 0.717) is 5.69 Å². The maximum atomic E-state index is 10.8. The molecule has 0 saturated heterocycles. The summed E-state index contributed by atoms with van der Waals surface area (Å²) in [4.78, 5) is 14.9. The highest BCUT2D eigenvalue weighted by molar-refractivity contribution is 5.83. The Morgan fingerprint density at radius 3 is 2.67 bits per heavy atom. The van der Waals surface area contributed by atoms with Gasteiger partial charge in [0.05, 0.1) is 11.6 Å². The molecule has 2 rings (SSSR count). The first-order chi connectivity index (χ1) is 7.18. The van der Waals surface area contributed by atoms with Gasteiger partial charge in [0.1, 0.15) is 0 Å². The molecule has 3 heteroatoms. The SMILES string of the molecule is CC(C(=O)O)c1cc2ccccc2cn1. The Kier molecular flexibility index (Phi) is 2.37. The fourth-order valence-corrected chi connectivity index (χ4v) is 1.46. The predicted octanol–water partition coefficient (Wildman–Crippen LogP) is 2.42. The second kappa shape index (κ2) is 3.69. The lowest BCUT2D eigenvalue weighted by molar-refractivity contribution is -0.138. The van der Waals surface area contributed by atoms with E-state index in [0.717, 1.165) is 10.8 Å². The van der Waals surface area contributed by atoms with Crippen molar-refractivity contribution in [2.75, 3.05) is 0 Å². The van der Waals surface area contributed by atoms with Gasteiger partial charge in [0, 0.05) is 11.6 Å². The number of aromatic nitrogens is 1. The molecule has 0 fully saturated rings. The molecule has 0 aliphatic heterocycles. The number of pyridine rings is 1. The van der Waals surface area contributed by atoms with Crippen molar-refractivity contribution < 1.29 is 9.90 Å². The van der Waals surface area contributed by atoms with Crippen molar-refractivity contribution in [3.63, 3.8) is 0 Å². The number of carbonyl (C=O) groups is 1. The first-order valence-electron chi connectivity index (χ1n) is 4.76. The number of fused-ring (bicyclic) bond motifs is 1. The van der Waals surface area contributed by atoms with Crippen molar-refractivity contribution in [1.82, 2.24) is 4.98 Å². The summed E-state index contributed by atoms with van der Waals surface area (Å²) in [5.41, 5.74) is 0.598. The molecule has 0 amide bonds. The molecule has 1 aromatic carbocycles. The molecule has 1 aromatic heterocycles. The summed E-state index contributed by atoms with van der Waals surface area (Å²) in [5.74, 6) is -1.41. The van der Waals surface area contributed by atoms with Gasteiger partial charge in [-0.05, 0) is 18.4 Å². The lowest BCUT2D eigenvalue weighted by Crippen LogP contribution is -2.08.